The molecule has 2 aliphatic carbocycles. The van der Waals surface area contributed by atoms with Gasteiger partial charge in [-0.25, -0.2) is 0 Å². The average molecular weight is 575 g/mol. The highest BCUT2D eigenvalue weighted by molar-refractivity contribution is 5.64. The summed E-state index contributed by atoms with van der Waals surface area (Å²) in [5, 5.41) is 0. The Bertz CT molecular complexity index is 1230. The molecule has 2 aliphatic rings. The number of ether oxygens (including phenoxy) is 3. The first-order chi connectivity index (χ1) is 21.3. The van der Waals surface area contributed by atoms with Crippen LogP contribution in [0.1, 0.15) is 87.5 Å². The Morgan fingerprint density at radius 1 is 0.419 bits per heavy atom. The monoisotopic (exact) mass is 574 g/mol. The fraction of sp³-hybridized carbons (Fsp3) is 0.400. The summed E-state index contributed by atoms with van der Waals surface area (Å²) in [5.74, 6) is 0. The second-order valence-corrected chi connectivity index (χ2v) is 12.3. The van der Waals surface area contributed by atoms with Gasteiger partial charge in [-0.3, -0.25) is 0 Å². The standard InChI is InChI=1S/C40H46O3/c1-5-13-31(14-6-1)33-21-25-35(26-22-33)39(42-37-17-9-3-10-18-37)29-41-30-40(43-38-19-11-4-12-20-38)36-27-23-34(24-28-36)32-15-7-2-8-16-32/h1-2,5-8,13-16,21-28,37-40H,3-4,9-12,17-20,29-30H2. The molecule has 2 fully saturated rings. The van der Waals surface area contributed by atoms with E-state index in [4.69, 9.17) is 14.2 Å². The Morgan fingerprint density at radius 2 is 0.767 bits per heavy atom. The molecule has 0 aliphatic heterocycles. The zero-order valence-corrected chi connectivity index (χ0v) is 25.4. The van der Waals surface area contributed by atoms with Gasteiger partial charge < -0.3 is 14.2 Å². The number of hydrogen-bond acceptors (Lipinski definition) is 3. The fourth-order valence-corrected chi connectivity index (χ4v) is 6.62. The van der Waals surface area contributed by atoms with Gasteiger partial charge in [0.1, 0.15) is 12.2 Å². The Kier molecular flexibility index (Phi) is 10.7. The minimum atomic E-state index is -0.0938. The molecule has 0 radical (unpaired) electrons. The topological polar surface area (TPSA) is 27.7 Å². The van der Waals surface area contributed by atoms with Crippen molar-refractivity contribution < 1.29 is 14.2 Å². The Morgan fingerprint density at radius 3 is 1.14 bits per heavy atom. The van der Waals surface area contributed by atoms with Gasteiger partial charge in [-0.1, -0.05) is 148 Å². The van der Waals surface area contributed by atoms with Gasteiger partial charge in [0.2, 0.25) is 0 Å². The van der Waals surface area contributed by atoms with Crippen LogP contribution >= 0.6 is 0 Å². The summed E-state index contributed by atoms with van der Waals surface area (Å²) in [4.78, 5) is 0. The summed E-state index contributed by atoms with van der Waals surface area (Å²) in [6.07, 6.45) is 12.6. The number of benzene rings is 4. The molecule has 2 atom stereocenters. The molecule has 0 heterocycles. The van der Waals surface area contributed by atoms with Crippen LogP contribution < -0.4 is 0 Å². The van der Waals surface area contributed by atoms with Gasteiger partial charge in [0.25, 0.3) is 0 Å². The summed E-state index contributed by atoms with van der Waals surface area (Å²) in [6, 6.07) is 38.9. The molecule has 4 aromatic carbocycles. The molecule has 43 heavy (non-hydrogen) atoms. The predicted molar refractivity (Wildman–Crippen MR) is 176 cm³/mol. The van der Waals surface area contributed by atoms with Crippen LogP contribution in [0.2, 0.25) is 0 Å². The Balaban J connectivity index is 1.16. The fourth-order valence-electron chi connectivity index (χ4n) is 6.62. The van der Waals surface area contributed by atoms with E-state index in [1.165, 1.54) is 71.9 Å². The van der Waals surface area contributed by atoms with Gasteiger partial charge in [0.05, 0.1) is 25.4 Å². The molecule has 2 saturated carbocycles. The van der Waals surface area contributed by atoms with Crippen LogP contribution in [0.15, 0.2) is 109 Å². The highest BCUT2D eigenvalue weighted by Crippen LogP contribution is 2.32. The smallest absolute Gasteiger partial charge is 0.106 e. The Hall–Kier alpha value is -3.24. The minimum absolute atomic E-state index is 0.0938. The van der Waals surface area contributed by atoms with Gasteiger partial charge >= 0.3 is 0 Å². The zero-order valence-electron chi connectivity index (χ0n) is 25.4. The number of hydrogen-bond donors (Lipinski definition) is 0. The molecule has 0 bridgehead atoms. The second-order valence-electron chi connectivity index (χ2n) is 12.3. The molecular weight excluding hydrogens is 528 g/mol. The van der Waals surface area contributed by atoms with Crippen molar-refractivity contribution >= 4 is 0 Å². The third-order valence-corrected chi connectivity index (χ3v) is 9.14. The van der Waals surface area contributed by atoms with Crippen molar-refractivity contribution in [1.82, 2.24) is 0 Å². The number of rotatable bonds is 12. The van der Waals surface area contributed by atoms with Crippen molar-refractivity contribution in [2.45, 2.75) is 88.6 Å². The van der Waals surface area contributed by atoms with Crippen molar-refractivity contribution in [2.24, 2.45) is 0 Å². The molecule has 0 aromatic heterocycles. The first-order valence-electron chi connectivity index (χ1n) is 16.5. The lowest BCUT2D eigenvalue weighted by Gasteiger charge is -2.30. The maximum atomic E-state index is 6.76. The Labute approximate surface area is 258 Å². The molecule has 0 amide bonds. The van der Waals surface area contributed by atoms with Gasteiger partial charge in [-0.05, 0) is 59.1 Å². The lowest BCUT2D eigenvalue weighted by Crippen LogP contribution is -2.25. The van der Waals surface area contributed by atoms with Gasteiger partial charge in [0, 0.05) is 0 Å². The van der Waals surface area contributed by atoms with Crippen molar-refractivity contribution in [3.05, 3.63) is 120 Å². The molecule has 0 N–H and O–H groups in total. The van der Waals surface area contributed by atoms with Gasteiger partial charge in [-0.2, -0.15) is 0 Å². The maximum Gasteiger partial charge on any atom is 0.106 e. The molecular formula is C40H46O3. The highest BCUT2D eigenvalue weighted by atomic mass is 16.6. The van der Waals surface area contributed by atoms with Crippen LogP contribution in [0.25, 0.3) is 22.3 Å². The van der Waals surface area contributed by atoms with Gasteiger partial charge in [-0.15, -0.1) is 0 Å². The van der Waals surface area contributed by atoms with E-state index in [-0.39, 0.29) is 12.2 Å². The highest BCUT2D eigenvalue weighted by Gasteiger charge is 2.24. The van der Waals surface area contributed by atoms with E-state index in [9.17, 15) is 0 Å². The van der Waals surface area contributed by atoms with Crippen molar-refractivity contribution in [2.75, 3.05) is 13.2 Å². The summed E-state index contributed by atoms with van der Waals surface area (Å²) in [7, 11) is 0. The van der Waals surface area contributed by atoms with E-state index in [0.29, 0.717) is 25.4 Å². The average Bonchev–Trinajstić information content (AvgIpc) is 3.09. The maximum absolute atomic E-state index is 6.76. The SMILES string of the molecule is c1ccc(-c2ccc(C(COCC(OC3CCCCC3)c3ccc(-c4ccccc4)cc3)OC3CCCCC3)cc2)cc1. The van der Waals surface area contributed by atoms with E-state index < -0.39 is 0 Å². The second kappa shape index (κ2) is 15.5. The van der Waals surface area contributed by atoms with E-state index >= 15 is 0 Å². The summed E-state index contributed by atoms with van der Waals surface area (Å²) >= 11 is 0. The summed E-state index contributed by atoms with van der Waals surface area (Å²) in [5.41, 5.74) is 7.28. The third kappa shape index (κ3) is 8.44. The summed E-state index contributed by atoms with van der Waals surface area (Å²) < 4.78 is 20.0. The largest absolute Gasteiger partial charge is 0.375 e. The molecule has 224 valence electrons. The van der Waals surface area contributed by atoms with Crippen LogP contribution in [0.3, 0.4) is 0 Å². The van der Waals surface area contributed by atoms with Crippen LogP contribution in [0, 0.1) is 0 Å². The lowest BCUT2D eigenvalue weighted by atomic mass is 9.97. The quantitative estimate of drug-likeness (QED) is 0.168. The third-order valence-electron chi connectivity index (χ3n) is 9.14. The first kappa shape index (κ1) is 29.8. The first-order valence-corrected chi connectivity index (χ1v) is 16.5. The van der Waals surface area contributed by atoms with E-state index in [1.54, 1.807) is 0 Å². The van der Waals surface area contributed by atoms with E-state index in [0.717, 1.165) is 25.7 Å². The van der Waals surface area contributed by atoms with Crippen molar-refractivity contribution in [3.8, 4) is 22.3 Å². The normalized spacial score (nSPS) is 17.9. The van der Waals surface area contributed by atoms with E-state index in [1.807, 2.05) is 0 Å². The lowest BCUT2D eigenvalue weighted by molar-refractivity contribution is -0.104. The predicted octanol–water partition coefficient (Wildman–Crippen LogP) is 10.5. The van der Waals surface area contributed by atoms with Gasteiger partial charge in [0.15, 0.2) is 0 Å². The van der Waals surface area contributed by atoms with Crippen LogP contribution in [0.4, 0.5) is 0 Å². The van der Waals surface area contributed by atoms with Crippen molar-refractivity contribution in [1.29, 1.82) is 0 Å². The molecule has 3 nitrogen and oxygen atoms in total. The summed E-state index contributed by atoms with van der Waals surface area (Å²) in [6.45, 7) is 1.04. The van der Waals surface area contributed by atoms with E-state index in [2.05, 4.69) is 109 Å². The van der Waals surface area contributed by atoms with Crippen molar-refractivity contribution in [3.63, 3.8) is 0 Å². The van der Waals surface area contributed by atoms with Crippen LogP contribution in [-0.4, -0.2) is 25.4 Å². The molecule has 6 rings (SSSR count). The zero-order chi connectivity index (χ0) is 29.1. The van der Waals surface area contributed by atoms with Crippen LogP contribution in [0.5, 0.6) is 0 Å². The molecule has 0 spiro atoms. The molecule has 2 unspecified atom stereocenters. The minimum Gasteiger partial charge on any atom is -0.375 e. The molecule has 0 saturated heterocycles. The molecule has 4 aromatic rings. The van der Waals surface area contributed by atoms with Crippen LogP contribution in [-0.2, 0) is 14.2 Å². The molecule has 3 heteroatoms.